The molecule has 1 aliphatic rings. The van der Waals surface area contributed by atoms with Gasteiger partial charge in [0.2, 0.25) is 0 Å². The van der Waals surface area contributed by atoms with E-state index in [0.717, 1.165) is 24.8 Å². The number of hydrogen-bond acceptors (Lipinski definition) is 2. The molecule has 1 aliphatic carbocycles. The van der Waals surface area contributed by atoms with Gasteiger partial charge in [-0.15, -0.1) is 6.58 Å². The van der Waals surface area contributed by atoms with Crippen molar-refractivity contribution in [3.8, 4) is 0 Å². The zero-order valence-corrected chi connectivity index (χ0v) is 10.1. The van der Waals surface area contributed by atoms with Gasteiger partial charge in [0, 0.05) is 29.8 Å². The van der Waals surface area contributed by atoms with Gasteiger partial charge in [0.1, 0.15) is 0 Å². The van der Waals surface area contributed by atoms with E-state index >= 15 is 0 Å². The summed E-state index contributed by atoms with van der Waals surface area (Å²) in [5.41, 5.74) is 7.69. The Balaban J connectivity index is 2.08. The molecule has 0 amide bonds. The molecule has 3 heteroatoms. The first-order valence-electron chi connectivity index (χ1n) is 5.59. The predicted molar refractivity (Wildman–Crippen MR) is 69.5 cm³/mol. The fraction of sp³-hybridized carbons (Fsp3) is 0.385. The van der Waals surface area contributed by atoms with E-state index in [1.807, 2.05) is 18.2 Å². The van der Waals surface area contributed by atoms with Crippen LogP contribution in [-0.4, -0.2) is 17.5 Å². The predicted octanol–water partition coefficient (Wildman–Crippen LogP) is 3.07. The van der Waals surface area contributed by atoms with E-state index in [-0.39, 0.29) is 0 Å². The molecule has 0 saturated heterocycles. The molecule has 0 aromatic heterocycles. The molecule has 1 aromatic rings. The summed E-state index contributed by atoms with van der Waals surface area (Å²) in [6.45, 7) is 5.63. The van der Waals surface area contributed by atoms with Crippen LogP contribution in [0.15, 0.2) is 30.9 Å². The molecule has 86 valence electrons. The number of anilines is 1. The van der Waals surface area contributed by atoms with E-state index in [1.54, 1.807) is 6.07 Å². The van der Waals surface area contributed by atoms with E-state index in [1.165, 1.54) is 18.4 Å². The van der Waals surface area contributed by atoms with Gasteiger partial charge in [0.15, 0.2) is 0 Å². The summed E-state index contributed by atoms with van der Waals surface area (Å²) in [6.07, 6.45) is 4.54. The maximum absolute atomic E-state index is 5.99. The highest BCUT2D eigenvalue weighted by Crippen LogP contribution is 2.29. The van der Waals surface area contributed by atoms with Gasteiger partial charge in [0.05, 0.1) is 0 Å². The van der Waals surface area contributed by atoms with Crippen molar-refractivity contribution < 1.29 is 0 Å². The van der Waals surface area contributed by atoms with Gasteiger partial charge < -0.3 is 5.73 Å². The van der Waals surface area contributed by atoms with Crippen molar-refractivity contribution in [2.75, 3.05) is 12.3 Å². The highest BCUT2D eigenvalue weighted by Gasteiger charge is 2.27. The number of nitrogens with zero attached hydrogens (tertiary/aromatic N) is 1. The molecule has 1 aromatic carbocycles. The summed E-state index contributed by atoms with van der Waals surface area (Å²) in [7, 11) is 0. The van der Waals surface area contributed by atoms with Crippen LogP contribution in [-0.2, 0) is 6.54 Å². The maximum atomic E-state index is 5.99. The van der Waals surface area contributed by atoms with Crippen LogP contribution in [0.5, 0.6) is 0 Å². The number of hydrogen-bond donors (Lipinski definition) is 1. The lowest BCUT2D eigenvalue weighted by molar-refractivity contribution is 0.284. The molecule has 0 radical (unpaired) electrons. The first-order valence-corrected chi connectivity index (χ1v) is 5.96. The maximum Gasteiger partial charge on any atom is 0.0429 e. The lowest BCUT2D eigenvalue weighted by atomic mass is 10.2. The van der Waals surface area contributed by atoms with Crippen molar-refractivity contribution in [1.82, 2.24) is 4.90 Å². The third kappa shape index (κ3) is 3.00. The first kappa shape index (κ1) is 11.5. The van der Waals surface area contributed by atoms with Crippen molar-refractivity contribution in [2.45, 2.75) is 25.4 Å². The molecule has 0 heterocycles. The molecule has 16 heavy (non-hydrogen) atoms. The lowest BCUT2D eigenvalue weighted by Gasteiger charge is -2.20. The fourth-order valence-corrected chi connectivity index (χ4v) is 2.22. The molecule has 0 aliphatic heterocycles. The second-order valence-electron chi connectivity index (χ2n) is 4.34. The fourth-order valence-electron chi connectivity index (χ4n) is 1.95. The molecular weight excluding hydrogens is 220 g/mol. The Labute approximate surface area is 102 Å². The normalized spacial score (nSPS) is 15.4. The van der Waals surface area contributed by atoms with Gasteiger partial charge in [-0.1, -0.05) is 17.7 Å². The van der Waals surface area contributed by atoms with Crippen LogP contribution in [0, 0.1) is 0 Å². The molecule has 2 N–H and O–H groups in total. The van der Waals surface area contributed by atoms with Crippen LogP contribution in [0.2, 0.25) is 5.02 Å². The molecule has 0 unspecified atom stereocenters. The Morgan fingerprint density at radius 2 is 2.19 bits per heavy atom. The van der Waals surface area contributed by atoms with Gasteiger partial charge in [-0.25, -0.2) is 0 Å². The van der Waals surface area contributed by atoms with Crippen molar-refractivity contribution in [3.05, 3.63) is 41.4 Å². The average Bonchev–Trinajstić information content (AvgIpc) is 2.98. The number of rotatable bonds is 5. The Kier molecular flexibility index (Phi) is 3.52. The van der Waals surface area contributed by atoms with Crippen LogP contribution in [0.4, 0.5) is 5.69 Å². The van der Waals surface area contributed by atoms with Gasteiger partial charge in [-0.05, 0) is 36.6 Å². The second kappa shape index (κ2) is 4.89. The SMILES string of the molecule is C=CCN(Cc1cc(N)cc(Cl)c1)C1CC1. The van der Waals surface area contributed by atoms with E-state index in [4.69, 9.17) is 17.3 Å². The van der Waals surface area contributed by atoms with Crippen LogP contribution >= 0.6 is 11.6 Å². The summed E-state index contributed by atoms with van der Waals surface area (Å²) in [6, 6.07) is 6.47. The molecule has 0 bridgehead atoms. The number of benzene rings is 1. The summed E-state index contributed by atoms with van der Waals surface area (Å²) in [4.78, 5) is 2.41. The Morgan fingerprint density at radius 3 is 2.75 bits per heavy atom. The van der Waals surface area contributed by atoms with Crippen LogP contribution in [0.25, 0.3) is 0 Å². The van der Waals surface area contributed by atoms with Gasteiger partial charge in [-0.2, -0.15) is 0 Å². The minimum Gasteiger partial charge on any atom is -0.399 e. The molecule has 1 fully saturated rings. The van der Waals surface area contributed by atoms with E-state index in [2.05, 4.69) is 11.5 Å². The standard InChI is InChI=1S/C13H17ClN2/c1-2-5-16(13-3-4-13)9-10-6-11(14)8-12(15)7-10/h2,6-8,13H,1,3-5,9,15H2. The number of nitrogens with two attached hydrogens (primary N) is 1. The summed E-state index contributed by atoms with van der Waals surface area (Å²) < 4.78 is 0. The molecule has 1 saturated carbocycles. The van der Waals surface area contributed by atoms with Gasteiger partial charge >= 0.3 is 0 Å². The molecular formula is C13H17ClN2. The molecule has 2 rings (SSSR count). The third-order valence-corrected chi connectivity index (χ3v) is 3.01. The van der Waals surface area contributed by atoms with Crippen LogP contribution in [0.1, 0.15) is 18.4 Å². The quantitative estimate of drug-likeness (QED) is 0.629. The minimum absolute atomic E-state index is 0.712. The van der Waals surface area contributed by atoms with Crippen molar-refractivity contribution in [1.29, 1.82) is 0 Å². The second-order valence-corrected chi connectivity index (χ2v) is 4.78. The molecule has 0 spiro atoms. The molecule has 0 atom stereocenters. The van der Waals surface area contributed by atoms with Crippen molar-refractivity contribution >= 4 is 17.3 Å². The first-order chi connectivity index (χ1) is 7.69. The monoisotopic (exact) mass is 236 g/mol. The minimum atomic E-state index is 0.712. The third-order valence-electron chi connectivity index (χ3n) is 2.79. The largest absolute Gasteiger partial charge is 0.399 e. The molecule has 2 nitrogen and oxygen atoms in total. The Bertz CT molecular complexity index is 365. The zero-order chi connectivity index (χ0) is 11.5. The van der Waals surface area contributed by atoms with Gasteiger partial charge in [0.25, 0.3) is 0 Å². The van der Waals surface area contributed by atoms with E-state index in [0.29, 0.717) is 5.02 Å². The van der Waals surface area contributed by atoms with Crippen LogP contribution < -0.4 is 5.73 Å². The Morgan fingerprint density at radius 1 is 1.44 bits per heavy atom. The van der Waals surface area contributed by atoms with Crippen molar-refractivity contribution in [2.24, 2.45) is 0 Å². The average molecular weight is 237 g/mol. The van der Waals surface area contributed by atoms with E-state index < -0.39 is 0 Å². The highest BCUT2D eigenvalue weighted by molar-refractivity contribution is 6.30. The summed E-state index contributed by atoms with van der Waals surface area (Å²) in [5.74, 6) is 0. The zero-order valence-electron chi connectivity index (χ0n) is 9.32. The van der Waals surface area contributed by atoms with Crippen molar-refractivity contribution in [3.63, 3.8) is 0 Å². The number of halogens is 1. The lowest BCUT2D eigenvalue weighted by Crippen LogP contribution is -2.25. The van der Waals surface area contributed by atoms with Crippen LogP contribution in [0.3, 0.4) is 0 Å². The number of nitrogen functional groups attached to an aromatic ring is 1. The van der Waals surface area contributed by atoms with Gasteiger partial charge in [-0.3, -0.25) is 4.90 Å². The highest BCUT2D eigenvalue weighted by atomic mass is 35.5. The topological polar surface area (TPSA) is 29.3 Å². The smallest absolute Gasteiger partial charge is 0.0429 e. The van der Waals surface area contributed by atoms with E-state index in [9.17, 15) is 0 Å². The Hall–Kier alpha value is -0.990. The summed E-state index contributed by atoms with van der Waals surface area (Å²) in [5, 5.41) is 0.712. The summed E-state index contributed by atoms with van der Waals surface area (Å²) >= 11 is 5.99.